The van der Waals surface area contributed by atoms with Gasteiger partial charge in [0, 0.05) is 14.2 Å². The average Bonchev–Trinajstić information content (AvgIpc) is 2.42. The van der Waals surface area contributed by atoms with Crippen LogP contribution in [0.3, 0.4) is 0 Å². The zero-order valence-corrected chi connectivity index (χ0v) is 11.0. The first-order valence-corrected chi connectivity index (χ1v) is 6.26. The lowest BCUT2D eigenvalue weighted by molar-refractivity contribution is 0.201. The summed E-state index contributed by atoms with van der Waals surface area (Å²) in [5.41, 5.74) is 2.45. The largest absolute Gasteiger partial charge is 0.384 e. The summed E-state index contributed by atoms with van der Waals surface area (Å²) in [6.07, 6.45) is 1.80. The van der Waals surface area contributed by atoms with Gasteiger partial charge >= 0.3 is 0 Å². The Morgan fingerprint density at radius 2 is 1.72 bits per heavy atom. The summed E-state index contributed by atoms with van der Waals surface area (Å²) in [5, 5.41) is 2.55. The topological polar surface area (TPSA) is 18.5 Å². The molecule has 0 aliphatic carbocycles. The van der Waals surface area contributed by atoms with Crippen molar-refractivity contribution in [2.45, 2.75) is 12.8 Å². The molecular formula is C16H19O2. The summed E-state index contributed by atoms with van der Waals surface area (Å²) in [5.74, 6) is 0. The van der Waals surface area contributed by atoms with Crippen LogP contribution in [-0.4, -0.2) is 27.4 Å². The Labute approximate surface area is 109 Å². The van der Waals surface area contributed by atoms with Crippen molar-refractivity contribution in [3.8, 4) is 0 Å². The van der Waals surface area contributed by atoms with Gasteiger partial charge in [-0.25, -0.2) is 0 Å². The van der Waals surface area contributed by atoms with Crippen molar-refractivity contribution in [2.75, 3.05) is 27.4 Å². The first-order valence-electron chi connectivity index (χ1n) is 6.26. The number of benzene rings is 2. The second-order valence-corrected chi connectivity index (χ2v) is 4.35. The van der Waals surface area contributed by atoms with Gasteiger partial charge in [-0.2, -0.15) is 0 Å². The Morgan fingerprint density at radius 3 is 2.50 bits per heavy atom. The van der Waals surface area contributed by atoms with Gasteiger partial charge in [-0.05, 0) is 40.8 Å². The van der Waals surface area contributed by atoms with E-state index in [2.05, 4.69) is 36.4 Å². The van der Waals surface area contributed by atoms with Crippen LogP contribution in [0.1, 0.15) is 11.1 Å². The van der Waals surface area contributed by atoms with Gasteiger partial charge in [-0.15, -0.1) is 0 Å². The number of methoxy groups -OCH3 is 2. The van der Waals surface area contributed by atoms with Crippen LogP contribution in [0.2, 0.25) is 0 Å². The molecule has 2 rings (SSSR count). The molecule has 0 N–H and O–H groups in total. The SMILES string of the molecule is COCCc1[c]c(CCOC)c2ccccc2c1. The van der Waals surface area contributed by atoms with E-state index in [0.29, 0.717) is 0 Å². The molecule has 2 nitrogen and oxygen atoms in total. The van der Waals surface area contributed by atoms with Crippen LogP contribution in [0.5, 0.6) is 0 Å². The monoisotopic (exact) mass is 243 g/mol. The maximum Gasteiger partial charge on any atom is 0.0503 e. The molecule has 0 aromatic heterocycles. The van der Waals surface area contributed by atoms with Crippen LogP contribution < -0.4 is 0 Å². The van der Waals surface area contributed by atoms with Gasteiger partial charge in [0.15, 0.2) is 0 Å². The fourth-order valence-corrected chi connectivity index (χ4v) is 2.13. The zero-order chi connectivity index (χ0) is 12.8. The van der Waals surface area contributed by atoms with E-state index in [9.17, 15) is 0 Å². The Morgan fingerprint density at radius 1 is 1.00 bits per heavy atom. The quantitative estimate of drug-likeness (QED) is 0.776. The van der Waals surface area contributed by atoms with Gasteiger partial charge in [0.05, 0.1) is 13.2 Å². The number of hydrogen-bond donors (Lipinski definition) is 0. The van der Waals surface area contributed by atoms with Crippen molar-refractivity contribution >= 4 is 10.8 Å². The van der Waals surface area contributed by atoms with E-state index in [4.69, 9.17) is 9.47 Å². The second kappa shape index (κ2) is 6.53. The summed E-state index contributed by atoms with van der Waals surface area (Å²) in [6.45, 7) is 1.47. The Bertz CT molecular complexity index is 505. The molecule has 0 aliphatic rings. The van der Waals surface area contributed by atoms with Crippen molar-refractivity contribution in [2.24, 2.45) is 0 Å². The van der Waals surface area contributed by atoms with Gasteiger partial charge in [0.25, 0.3) is 0 Å². The molecule has 0 heterocycles. The average molecular weight is 243 g/mol. The van der Waals surface area contributed by atoms with E-state index < -0.39 is 0 Å². The highest BCUT2D eigenvalue weighted by Gasteiger charge is 2.04. The number of fused-ring (bicyclic) bond motifs is 1. The van der Waals surface area contributed by atoms with Gasteiger partial charge in [0.2, 0.25) is 0 Å². The highest BCUT2D eigenvalue weighted by atomic mass is 16.5. The minimum atomic E-state index is 0.730. The molecule has 2 heteroatoms. The summed E-state index contributed by atoms with van der Waals surface area (Å²) < 4.78 is 10.3. The second-order valence-electron chi connectivity index (χ2n) is 4.35. The maximum atomic E-state index is 5.17. The fourth-order valence-electron chi connectivity index (χ4n) is 2.13. The van der Waals surface area contributed by atoms with Crippen LogP contribution in [0.25, 0.3) is 10.8 Å². The van der Waals surface area contributed by atoms with Crippen molar-refractivity contribution in [1.82, 2.24) is 0 Å². The van der Waals surface area contributed by atoms with E-state index in [1.165, 1.54) is 21.9 Å². The third kappa shape index (κ3) is 3.09. The highest BCUT2D eigenvalue weighted by molar-refractivity contribution is 5.86. The van der Waals surface area contributed by atoms with E-state index in [1.54, 1.807) is 14.2 Å². The van der Waals surface area contributed by atoms with Crippen LogP contribution in [0.15, 0.2) is 30.3 Å². The van der Waals surface area contributed by atoms with Gasteiger partial charge in [0.1, 0.15) is 0 Å². The van der Waals surface area contributed by atoms with Crippen molar-refractivity contribution in [3.05, 3.63) is 47.5 Å². The van der Waals surface area contributed by atoms with Crippen LogP contribution in [-0.2, 0) is 22.3 Å². The first kappa shape index (κ1) is 13.1. The molecular weight excluding hydrogens is 224 g/mol. The molecule has 0 fully saturated rings. The van der Waals surface area contributed by atoms with Gasteiger partial charge < -0.3 is 9.47 Å². The molecule has 0 aliphatic heterocycles. The highest BCUT2D eigenvalue weighted by Crippen LogP contribution is 2.21. The molecule has 0 atom stereocenters. The van der Waals surface area contributed by atoms with Crippen LogP contribution in [0.4, 0.5) is 0 Å². The molecule has 95 valence electrons. The van der Waals surface area contributed by atoms with Crippen molar-refractivity contribution in [3.63, 3.8) is 0 Å². The van der Waals surface area contributed by atoms with Crippen molar-refractivity contribution in [1.29, 1.82) is 0 Å². The van der Waals surface area contributed by atoms with E-state index in [-0.39, 0.29) is 0 Å². The minimum absolute atomic E-state index is 0.730. The fraction of sp³-hybridized carbons (Fsp3) is 0.375. The van der Waals surface area contributed by atoms with E-state index >= 15 is 0 Å². The lowest BCUT2D eigenvalue weighted by atomic mass is 9.98. The standard InChI is InChI=1S/C16H19O2/c1-17-9-7-13-11-14-5-3-4-6-16(14)15(12-13)8-10-18-2/h3-6,11H,7-10H2,1-2H3. The third-order valence-corrected chi connectivity index (χ3v) is 3.06. The number of rotatable bonds is 6. The summed E-state index contributed by atoms with van der Waals surface area (Å²) in [4.78, 5) is 0. The van der Waals surface area contributed by atoms with E-state index in [0.717, 1.165) is 26.1 Å². The summed E-state index contributed by atoms with van der Waals surface area (Å²) >= 11 is 0. The maximum absolute atomic E-state index is 5.17. The predicted octanol–water partition coefficient (Wildman–Crippen LogP) is 3.02. The number of hydrogen-bond acceptors (Lipinski definition) is 2. The smallest absolute Gasteiger partial charge is 0.0503 e. The summed E-state index contributed by atoms with van der Waals surface area (Å²) in [6, 6.07) is 14.1. The number of ether oxygens (including phenoxy) is 2. The lowest BCUT2D eigenvalue weighted by Crippen LogP contribution is -2.00. The first-order chi connectivity index (χ1) is 8.85. The zero-order valence-electron chi connectivity index (χ0n) is 11.0. The third-order valence-electron chi connectivity index (χ3n) is 3.06. The summed E-state index contributed by atoms with van der Waals surface area (Å²) in [7, 11) is 3.46. The lowest BCUT2D eigenvalue weighted by Gasteiger charge is -2.09. The van der Waals surface area contributed by atoms with E-state index in [1.807, 2.05) is 0 Å². The molecule has 0 saturated carbocycles. The van der Waals surface area contributed by atoms with Crippen molar-refractivity contribution < 1.29 is 9.47 Å². The molecule has 18 heavy (non-hydrogen) atoms. The normalized spacial score (nSPS) is 11.0. The molecule has 1 radical (unpaired) electrons. The molecule has 0 saturated heterocycles. The Kier molecular flexibility index (Phi) is 4.73. The molecule has 0 unspecified atom stereocenters. The predicted molar refractivity (Wildman–Crippen MR) is 73.9 cm³/mol. The molecule has 0 bridgehead atoms. The molecule has 2 aromatic carbocycles. The van der Waals surface area contributed by atoms with Crippen LogP contribution in [0, 0.1) is 6.07 Å². The van der Waals surface area contributed by atoms with Gasteiger partial charge in [-0.1, -0.05) is 30.3 Å². The van der Waals surface area contributed by atoms with Crippen LogP contribution >= 0.6 is 0 Å². The van der Waals surface area contributed by atoms with Gasteiger partial charge in [-0.3, -0.25) is 0 Å². The molecule has 0 amide bonds. The molecule has 2 aromatic rings. The molecule has 0 spiro atoms. The Balaban J connectivity index is 2.36. The minimum Gasteiger partial charge on any atom is -0.384 e. The Hall–Kier alpha value is -1.38.